The molecule has 0 aliphatic rings. The van der Waals surface area contributed by atoms with Crippen LogP contribution in [-0.2, 0) is 16.0 Å². The number of likely N-dealkylation sites (N-methyl/N-ethyl adjacent to an activating group) is 1. The molecule has 1 unspecified atom stereocenters. The van der Waals surface area contributed by atoms with Crippen LogP contribution in [0.5, 0.6) is 0 Å². The van der Waals surface area contributed by atoms with Gasteiger partial charge in [-0.05, 0) is 60.2 Å². The smallest absolute Gasteiger partial charge is 0.303 e. The molecule has 0 saturated heterocycles. The number of carbonyl (C=O) groups excluding carboxylic acids is 1. The summed E-state index contributed by atoms with van der Waals surface area (Å²) in [6.07, 6.45) is 1.82. The molecule has 0 aliphatic heterocycles. The van der Waals surface area contributed by atoms with Crippen LogP contribution < -0.4 is 10.2 Å². The normalized spacial score (nSPS) is 11.9. The summed E-state index contributed by atoms with van der Waals surface area (Å²) in [7, 11) is 1.67. The van der Waals surface area contributed by atoms with Crippen LogP contribution in [0.15, 0.2) is 59.1 Å². The first-order valence-corrected chi connectivity index (χ1v) is 11.4. The first kappa shape index (κ1) is 23.9. The zero-order chi connectivity index (χ0) is 25.1. The van der Waals surface area contributed by atoms with Crippen molar-refractivity contribution in [1.82, 2.24) is 9.97 Å². The molecule has 1 atom stereocenters. The Balaban J connectivity index is 1.45. The maximum atomic E-state index is 12.9. The van der Waals surface area contributed by atoms with Crippen molar-refractivity contribution >= 4 is 40.5 Å². The van der Waals surface area contributed by atoms with Crippen molar-refractivity contribution in [1.29, 1.82) is 0 Å². The summed E-state index contributed by atoms with van der Waals surface area (Å²) in [4.78, 5) is 34.2. The van der Waals surface area contributed by atoms with E-state index in [4.69, 9.17) is 9.52 Å². The number of anilines is 3. The Morgan fingerprint density at radius 3 is 2.51 bits per heavy atom. The number of carboxylic acids is 1. The second-order valence-corrected chi connectivity index (χ2v) is 8.79. The molecule has 8 nitrogen and oxygen atoms in total. The number of aromatic nitrogens is 2. The number of pyridine rings is 1. The van der Waals surface area contributed by atoms with Crippen molar-refractivity contribution in [3.63, 3.8) is 0 Å². The van der Waals surface area contributed by atoms with Crippen LogP contribution in [-0.4, -0.2) is 34.0 Å². The maximum absolute atomic E-state index is 12.9. The third-order valence-corrected chi connectivity index (χ3v) is 6.06. The molecule has 4 rings (SSSR count). The molecule has 2 N–H and O–H groups in total. The molecule has 2 heterocycles. The Labute approximate surface area is 203 Å². The summed E-state index contributed by atoms with van der Waals surface area (Å²) in [5.41, 5.74) is 6.08. The molecule has 2 aromatic carbocycles. The van der Waals surface area contributed by atoms with Gasteiger partial charge >= 0.3 is 5.97 Å². The number of carboxylic acid groups (broad SMARTS) is 1. The van der Waals surface area contributed by atoms with Gasteiger partial charge < -0.3 is 14.8 Å². The van der Waals surface area contributed by atoms with Crippen molar-refractivity contribution < 1.29 is 19.1 Å². The number of fused-ring (bicyclic) bond motifs is 1. The number of para-hydroxylation sites is 1. The number of aliphatic carboxylic acids is 1. The van der Waals surface area contributed by atoms with E-state index < -0.39 is 5.97 Å². The van der Waals surface area contributed by atoms with Crippen molar-refractivity contribution in [3.8, 4) is 0 Å². The monoisotopic (exact) mass is 472 g/mol. The average molecular weight is 473 g/mol. The summed E-state index contributed by atoms with van der Waals surface area (Å²) >= 11 is 0. The lowest BCUT2D eigenvalue weighted by atomic mass is 10.00. The van der Waals surface area contributed by atoms with Crippen LogP contribution in [0.2, 0.25) is 0 Å². The van der Waals surface area contributed by atoms with E-state index in [0.717, 1.165) is 27.9 Å². The van der Waals surface area contributed by atoms with E-state index >= 15 is 0 Å². The lowest BCUT2D eigenvalue weighted by molar-refractivity contribution is -0.137. The largest absolute Gasteiger partial charge is 0.481 e. The fourth-order valence-corrected chi connectivity index (χ4v) is 3.94. The van der Waals surface area contributed by atoms with Gasteiger partial charge in [-0.15, -0.1) is 0 Å². The highest BCUT2D eigenvalue weighted by Crippen LogP contribution is 2.27. The van der Waals surface area contributed by atoms with Gasteiger partial charge in [0.05, 0.1) is 12.8 Å². The lowest BCUT2D eigenvalue weighted by Gasteiger charge is -2.17. The Kier molecular flexibility index (Phi) is 6.82. The van der Waals surface area contributed by atoms with E-state index in [2.05, 4.69) is 15.3 Å². The zero-order valence-corrected chi connectivity index (χ0v) is 20.2. The molecule has 0 radical (unpaired) electrons. The maximum Gasteiger partial charge on any atom is 0.303 e. The van der Waals surface area contributed by atoms with Gasteiger partial charge in [0.1, 0.15) is 11.3 Å². The number of hydrogen-bond acceptors (Lipinski definition) is 6. The minimum Gasteiger partial charge on any atom is -0.481 e. The molecule has 1 amide bonds. The van der Waals surface area contributed by atoms with Gasteiger partial charge in [0.2, 0.25) is 5.91 Å². The van der Waals surface area contributed by atoms with Crippen molar-refractivity contribution in [3.05, 3.63) is 77.0 Å². The van der Waals surface area contributed by atoms with Crippen LogP contribution in [0.25, 0.3) is 11.1 Å². The number of carbonyl (C=O) groups is 2. The van der Waals surface area contributed by atoms with E-state index in [9.17, 15) is 9.59 Å². The molecular weight excluding hydrogens is 444 g/mol. The summed E-state index contributed by atoms with van der Waals surface area (Å²) in [6, 6.07) is 15.5. The van der Waals surface area contributed by atoms with Gasteiger partial charge in [-0.2, -0.15) is 4.98 Å². The highest BCUT2D eigenvalue weighted by Gasteiger charge is 2.16. The van der Waals surface area contributed by atoms with Gasteiger partial charge in [0, 0.05) is 18.9 Å². The van der Waals surface area contributed by atoms with E-state index in [1.807, 2.05) is 63.2 Å². The van der Waals surface area contributed by atoms with E-state index in [1.165, 1.54) is 4.90 Å². The van der Waals surface area contributed by atoms with Crippen LogP contribution >= 0.6 is 0 Å². The molecule has 0 aliphatic carbocycles. The fraction of sp³-hybridized carbons (Fsp3) is 0.259. The van der Waals surface area contributed by atoms with Crippen LogP contribution in [0, 0.1) is 13.8 Å². The summed E-state index contributed by atoms with van der Waals surface area (Å²) < 4.78 is 5.91. The van der Waals surface area contributed by atoms with Gasteiger partial charge in [0.25, 0.3) is 6.01 Å². The van der Waals surface area contributed by atoms with Crippen LogP contribution in [0.1, 0.15) is 41.5 Å². The van der Waals surface area contributed by atoms with E-state index in [0.29, 0.717) is 22.9 Å². The SMILES string of the molecule is Cc1cccc(C)c1Nc1nc2ccc(CC(=O)N(C)c3ccc(C(C)CC(=O)O)cn3)cc2o1. The Bertz CT molecular complexity index is 1360. The van der Waals surface area contributed by atoms with Crippen molar-refractivity contribution in [2.75, 3.05) is 17.3 Å². The third-order valence-electron chi connectivity index (χ3n) is 6.06. The number of oxazole rings is 1. The number of aryl methyl sites for hydroxylation is 2. The molecule has 0 fully saturated rings. The second kappa shape index (κ2) is 9.97. The average Bonchev–Trinajstić information content (AvgIpc) is 3.22. The first-order chi connectivity index (χ1) is 16.7. The summed E-state index contributed by atoms with van der Waals surface area (Å²) in [5.74, 6) is -0.637. The number of nitrogens with zero attached hydrogens (tertiary/aromatic N) is 3. The number of amides is 1. The number of rotatable bonds is 8. The highest BCUT2D eigenvalue weighted by atomic mass is 16.4. The third kappa shape index (κ3) is 5.48. The Morgan fingerprint density at radius 1 is 1.11 bits per heavy atom. The fourth-order valence-electron chi connectivity index (χ4n) is 3.94. The molecule has 8 heteroatoms. The quantitative estimate of drug-likeness (QED) is 0.355. The predicted molar refractivity (Wildman–Crippen MR) is 135 cm³/mol. The zero-order valence-electron chi connectivity index (χ0n) is 20.2. The number of nitrogens with one attached hydrogen (secondary N) is 1. The van der Waals surface area contributed by atoms with Gasteiger partial charge in [-0.3, -0.25) is 14.5 Å². The Hall–Kier alpha value is -4.20. The standard InChI is InChI=1S/C27H28N4O4/c1-16-6-5-7-17(2)26(16)30-27-29-21-10-8-19(13-22(21)35-27)14-24(32)31(4)23-11-9-20(15-28-23)18(3)12-25(33)34/h5-11,13,15,18H,12,14H2,1-4H3,(H,29,30)(H,33,34). The Morgan fingerprint density at radius 2 is 1.86 bits per heavy atom. The molecular formula is C27H28N4O4. The van der Waals surface area contributed by atoms with Gasteiger partial charge in [-0.1, -0.05) is 37.3 Å². The first-order valence-electron chi connectivity index (χ1n) is 11.4. The van der Waals surface area contributed by atoms with E-state index in [1.54, 1.807) is 19.3 Å². The molecule has 35 heavy (non-hydrogen) atoms. The van der Waals surface area contributed by atoms with Crippen LogP contribution in [0.3, 0.4) is 0 Å². The topological polar surface area (TPSA) is 109 Å². The molecule has 0 saturated carbocycles. The predicted octanol–water partition coefficient (Wildman–Crippen LogP) is 5.37. The lowest BCUT2D eigenvalue weighted by Crippen LogP contribution is -2.28. The minimum absolute atomic E-state index is 0.0295. The highest BCUT2D eigenvalue weighted by molar-refractivity contribution is 5.93. The molecule has 4 aromatic rings. The molecule has 0 bridgehead atoms. The van der Waals surface area contributed by atoms with Gasteiger partial charge in [-0.25, -0.2) is 4.98 Å². The second-order valence-electron chi connectivity index (χ2n) is 8.79. The molecule has 180 valence electrons. The van der Waals surface area contributed by atoms with E-state index in [-0.39, 0.29) is 24.7 Å². The minimum atomic E-state index is -0.856. The van der Waals surface area contributed by atoms with Crippen LogP contribution in [0.4, 0.5) is 17.5 Å². The van der Waals surface area contributed by atoms with Gasteiger partial charge in [0.15, 0.2) is 5.58 Å². The summed E-state index contributed by atoms with van der Waals surface area (Å²) in [5, 5.41) is 12.2. The van der Waals surface area contributed by atoms with Crippen molar-refractivity contribution in [2.24, 2.45) is 0 Å². The molecule has 0 spiro atoms. The molecule has 2 aromatic heterocycles. The number of benzene rings is 2. The number of hydrogen-bond donors (Lipinski definition) is 2. The summed E-state index contributed by atoms with van der Waals surface area (Å²) in [6.45, 7) is 5.89. The van der Waals surface area contributed by atoms with Crippen molar-refractivity contribution in [2.45, 2.75) is 39.5 Å².